The second kappa shape index (κ2) is 13.1. The fraction of sp³-hybridized carbons (Fsp3) is 0.760. The van der Waals surface area contributed by atoms with Gasteiger partial charge in [0.2, 0.25) is 0 Å². The quantitative estimate of drug-likeness (QED) is 0.323. The lowest BCUT2D eigenvalue weighted by molar-refractivity contribution is -0.191. The van der Waals surface area contributed by atoms with Crippen LogP contribution in [0.5, 0.6) is 0 Å². The number of aliphatic hydroxyl groups excluding tert-OH is 1. The summed E-state index contributed by atoms with van der Waals surface area (Å²) >= 11 is 0. The van der Waals surface area contributed by atoms with Crippen molar-refractivity contribution in [3.8, 4) is 0 Å². The number of aryl methyl sites for hydroxylation is 1. The number of aliphatic carboxylic acids is 1. The number of aliphatic hydroxyl groups is 1. The van der Waals surface area contributed by atoms with E-state index >= 15 is 0 Å². The van der Waals surface area contributed by atoms with Gasteiger partial charge in [0.1, 0.15) is 5.76 Å². The third kappa shape index (κ3) is 7.42. The summed E-state index contributed by atoms with van der Waals surface area (Å²) in [6.07, 6.45) is 13.3. The van der Waals surface area contributed by atoms with Crippen molar-refractivity contribution in [2.45, 2.75) is 108 Å². The molecule has 2 aliphatic rings. The highest BCUT2D eigenvalue weighted by atomic mass is 16.7. The van der Waals surface area contributed by atoms with Crippen LogP contribution in [0.3, 0.4) is 0 Å². The molecule has 2 heterocycles. The Hall–Kier alpha value is -1.70. The van der Waals surface area contributed by atoms with Crippen molar-refractivity contribution in [1.29, 1.82) is 0 Å². The monoisotopic (exact) mass is 449 g/mol. The van der Waals surface area contributed by atoms with Crippen LogP contribution in [-0.4, -0.2) is 46.4 Å². The topological polar surface area (TPSA) is 102 Å². The maximum absolute atomic E-state index is 10.9. The van der Waals surface area contributed by atoms with E-state index in [4.69, 9.17) is 19.1 Å². The van der Waals surface area contributed by atoms with Gasteiger partial charge in [0, 0.05) is 37.9 Å². The number of aromatic nitrogens is 1. The molecule has 0 aromatic carbocycles. The molecule has 5 atom stereocenters. The Kier molecular flexibility index (Phi) is 10.2. The highest BCUT2D eigenvalue weighted by Gasteiger charge is 2.46. The number of hydrogen-bond acceptors (Lipinski definition) is 6. The van der Waals surface area contributed by atoms with E-state index in [-0.39, 0.29) is 30.7 Å². The number of allylic oxidation sites excluding steroid dienone is 2. The van der Waals surface area contributed by atoms with Crippen LogP contribution in [0.1, 0.15) is 94.9 Å². The van der Waals surface area contributed by atoms with Gasteiger partial charge in [-0.25, -0.2) is 0 Å². The van der Waals surface area contributed by atoms with Gasteiger partial charge in [-0.05, 0) is 50.9 Å². The van der Waals surface area contributed by atoms with Crippen LogP contribution in [0.25, 0.3) is 0 Å². The van der Waals surface area contributed by atoms with Crippen molar-refractivity contribution in [2.75, 3.05) is 6.61 Å². The molecule has 2 N–H and O–H groups in total. The molecule has 1 saturated heterocycles. The van der Waals surface area contributed by atoms with E-state index in [1.54, 1.807) is 0 Å². The van der Waals surface area contributed by atoms with Gasteiger partial charge in [0.05, 0.1) is 17.9 Å². The minimum Gasteiger partial charge on any atom is -0.481 e. The smallest absolute Gasteiger partial charge is 0.303 e. The zero-order valence-electron chi connectivity index (χ0n) is 19.3. The third-order valence-electron chi connectivity index (χ3n) is 6.58. The standard InChI is InChI=1S/C25H39NO6/c1-2-3-6-11-18-16-20(26-32-18)25-19(12-7-4-5-8-13-23(28)29)21(27)17-22(25)31-24-14-9-10-15-30-24/h4,7,16,19,21-22,24-25,27H,2-3,5-6,8-15,17H2,1H3,(H,28,29)/b7-4-/t19-,21-,22+,24?,25-/m0/s1. The van der Waals surface area contributed by atoms with E-state index in [9.17, 15) is 9.90 Å². The van der Waals surface area contributed by atoms with Gasteiger partial charge in [-0.1, -0.05) is 37.1 Å². The molecule has 1 saturated carbocycles. The minimum atomic E-state index is -0.768. The lowest BCUT2D eigenvalue weighted by atomic mass is 9.87. The van der Waals surface area contributed by atoms with Gasteiger partial charge in [-0.2, -0.15) is 0 Å². The normalized spacial score (nSPS) is 28.5. The summed E-state index contributed by atoms with van der Waals surface area (Å²) in [7, 11) is 0. The van der Waals surface area contributed by atoms with Crippen molar-refractivity contribution >= 4 is 5.97 Å². The Balaban J connectivity index is 1.67. The molecule has 2 fully saturated rings. The van der Waals surface area contributed by atoms with E-state index in [1.807, 2.05) is 12.1 Å². The number of carboxylic acid groups (broad SMARTS) is 1. The second-order valence-electron chi connectivity index (χ2n) is 9.13. The number of rotatable bonds is 13. The van der Waals surface area contributed by atoms with Crippen molar-refractivity contribution in [2.24, 2.45) is 5.92 Å². The highest BCUT2D eigenvalue weighted by molar-refractivity contribution is 5.66. The van der Waals surface area contributed by atoms with E-state index in [1.165, 1.54) is 0 Å². The zero-order chi connectivity index (χ0) is 22.8. The summed E-state index contributed by atoms with van der Waals surface area (Å²) in [5, 5.41) is 24.0. The van der Waals surface area contributed by atoms with Gasteiger partial charge in [0.15, 0.2) is 6.29 Å². The zero-order valence-corrected chi connectivity index (χ0v) is 19.3. The van der Waals surface area contributed by atoms with Crippen LogP contribution in [-0.2, 0) is 20.7 Å². The molecule has 1 aromatic rings. The van der Waals surface area contributed by atoms with Crippen LogP contribution in [0, 0.1) is 5.92 Å². The molecule has 1 aliphatic heterocycles. The van der Waals surface area contributed by atoms with E-state index in [2.05, 4.69) is 18.2 Å². The summed E-state index contributed by atoms with van der Waals surface area (Å²) in [5.74, 6) is 0.0524. The summed E-state index contributed by atoms with van der Waals surface area (Å²) in [4.78, 5) is 10.7. The van der Waals surface area contributed by atoms with Gasteiger partial charge in [-0.15, -0.1) is 0 Å². The summed E-state index contributed by atoms with van der Waals surface area (Å²) in [6.45, 7) is 2.90. The van der Waals surface area contributed by atoms with Gasteiger partial charge in [0.25, 0.3) is 0 Å². The average Bonchev–Trinajstić information content (AvgIpc) is 3.35. The van der Waals surface area contributed by atoms with Gasteiger partial charge >= 0.3 is 5.97 Å². The Bertz CT molecular complexity index is 711. The first kappa shape index (κ1) is 24.9. The lowest BCUT2D eigenvalue weighted by Gasteiger charge is -2.29. The molecule has 1 unspecified atom stereocenters. The fourth-order valence-electron chi connectivity index (χ4n) is 4.84. The Morgan fingerprint density at radius 2 is 2.16 bits per heavy atom. The van der Waals surface area contributed by atoms with Crippen LogP contribution in [0.4, 0.5) is 0 Å². The lowest BCUT2D eigenvalue weighted by Crippen LogP contribution is -2.30. The maximum atomic E-state index is 10.9. The number of hydrogen-bond donors (Lipinski definition) is 2. The van der Waals surface area contributed by atoms with Gasteiger partial charge < -0.3 is 24.2 Å². The first-order valence-corrected chi connectivity index (χ1v) is 12.4. The highest BCUT2D eigenvalue weighted by Crippen LogP contribution is 2.44. The third-order valence-corrected chi connectivity index (χ3v) is 6.58. The molecule has 7 heteroatoms. The molecule has 1 aromatic heterocycles. The van der Waals surface area contributed by atoms with Crippen molar-refractivity contribution in [1.82, 2.24) is 5.16 Å². The molecular weight excluding hydrogens is 410 g/mol. The molecule has 32 heavy (non-hydrogen) atoms. The molecule has 3 rings (SSSR count). The van der Waals surface area contributed by atoms with Crippen molar-refractivity contribution < 1.29 is 29.0 Å². The molecule has 0 radical (unpaired) electrons. The van der Waals surface area contributed by atoms with Crippen LogP contribution in [0.15, 0.2) is 22.7 Å². The number of unbranched alkanes of at least 4 members (excludes halogenated alkanes) is 3. The molecule has 180 valence electrons. The molecule has 0 amide bonds. The molecule has 0 spiro atoms. The van der Waals surface area contributed by atoms with E-state index < -0.39 is 12.1 Å². The second-order valence-corrected chi connectivity index (χ2v) is 9.13. The number of nitrogens with zero attached hydrogens (tertiary/aromatic N) is 1. The molecule has 1 aliphatic carbocycles. The van der Waals surface area contributed by atoms with Crippen LogP contribution in [0.2, 0.25) is 0 Å². The summed E-state index contributed by atoms with van der Waals surface area (Å²) in [5.41, 5.74) is 0.859. The minimum absolute atomic E-state index is 0.0205. The average molecular weight is 450 g/mol. The summed E-state index contributed by atoms with van der Waals surface area (Å²) in [6, 6.07) is 2.04. The van der Waals surface area contributed by atoms with Crippen LogP contribution >= 0.6 is 0 Å². The predicted octanol–water partition coefficient (Wildman–Crippen LogP) is 4.98. The van der Waals surface area contributed by atoms with Crippen molar-refractivity contribution in [3.05, 3.63) is 29.7 Å². The number of ether oxygens (including phenoxy) is 2. The van der Waals surface area contributed by atoms with Gasteiger partial charge in [-0.3, -0.25) is 4.79 Å². The Morgan fingerprint density at radius 3 is 2.91 bits per heavy atom. The Labute approximate surface area is 191 Å². The molecular formula is C25H39NO6. The van der Waals surface area contributed by atoms with Crippen molar-refractivity contribution in [3.63, 3.8) is 0 Å². The van der Waals surface area contributed by atoms with Crippen LogP contribution < -0.4 is 0 Å². The summed E-state index contributed by atoms with van der Waals surface area (Å²) < 4.78 is 17.8. The molecule has 0 bridgehead atoms. The number of carboxylic acids is 1. The molecule has 7 nitrogen and oxygen atoms in total. The fourth-order valence-corrected chi connectivity index (χ4v) is 4.84. The predicted molar refractivity (Wildman–Crippen MR) is 120 cm³/mol. The number of carbonyl (C=O) groups is 1. The largest absolute Gasteiger partial charge is 0.481 e. The first-order valence-electron chi connectivity index (χ1n) is 12.4. The SMILES string of the molecule is CCCCCc1cc([C@@H]2[C@@H](C/C=C\CCCC(=O)O)[C@@H](O)C[C@H]2OC2CCCCO2)no1. The first-order chi connectivity index (χ1) is 15.6. The van der Waals surface area contributed by atoms with E-state index in [0.717, 1.165) is 69.4 Å². The maximum Gasteiger partial charge on any atom is 0.303 e. The van der Waals surface area contributed by atoms with E-state index in [0.29, 0.717) is 19.3 Å². The Morgan fingerprint density at radius 1 is 1.28 bits per heavy atom.